The van der Waals surface area contributed by atoms with Gasteiger partial charge in [0.15, 0.2) is 0 Å². The van der Waals surface area contributed by atoms with Crippen molar-refractivity contribution in [2.75, 3.05) is 18.4 Å². The van der Waals surface area contributed by atoms with Gasteiger partial charge in [0, 0.05) is 17.5 Å². The van der Waals surface area contributed by atoms with E-state index in [1.807, 2.05) is 24.3 Å². The number of nitrogens with one attached hydrogen (secondary N) is 1. The van der Waals surface area contributed by atoms with Crippen molar-refractivity contribution in [1.82, 2.24) is 14.9 Å². The van der Waals surface area contributed by atoms with Crippen molar-refractivity contribution in [3.8, 4) is 11.6 Å². The van der Waals surface area contributed by atoms with Gasteiger partial charge in [-0.2, -0.15) is 4.98 Å². The van der Waals surface area contributed by atoms with Gasteiger partial charge >= 0.3 is 0 Å². The number of amides is 1. The Labute approximate surface area is 186 Å². The third-order valence-electron chi connectivity index (χ3n) is 6.21. The van der Waals surface area contributed by atoms with Gasteiger partial charge in [0.2, 0.25) is 11.8 Å². The molecular formula is C24H28N4O2S. The Kier molecular flexibility index (Phi) is 5.63. The molecule has 2 aliphatic rings. The normalized spacial score (nSPS) is 17.1. The minimum Gasteiger partial charge on any atom is -0.438 e. The van der Waals surface area contributed by atoms with Crippen molar-refractivity contribution in [3.63, 3.8) is 0 Å². The number of benzene rings is 1. The van der Waals surface area contributed by atoms with Crippen molar-refractivity contribution in [3.05, 3.63) is 40.5 Å². The van der Waals surface area contributed by atoms with Crippen LogP contribution >= 0.6 is 11.3 Å². The van der Waals surface area contributed by atoms with Gasteiger partial charge in [0.25, 0.3) is 0 Å². The Bertz CT molecular complexity index is 1100. The molecule has 1 aliphatic carbocycles. The minimum absolute atomic E-state index is 0.0863. The lowest BCUT2D eigenvalue weighted by Gasteiger charge is -2.29. The highest BCUT2D eigenvalue weighted by Crippen LogP contribution is 2.41. The second kappa shape index (κ2) is 8.55. The number of piperidine rings is 1. The molecule has 0 unspecified atom stereocenters. The fourth-order valence-corrected chi connectivity index (χ4v) is 5.76. The van der Waals surface area contributed by atoms with E-state index in [0.29, 0.717) is 11.6 Å². The molecule has 3 heterocycles. The first-order valence-corrected chi connectivity index (χ1v) is 12.0. The van der Waals surface area contributed by atoms with Crippen molar-refractivity contribution in [2.24, 2.45) is 5.92 Å². The SMILES string of the molecule is CC(=O)Nc1ccc(Oc2nc(CN3CCC(C)CC3)nc3sc4c(c23)CCC4)cc1. The number of ether oxygens (including phenoxy) is 1. The fraction of sp³-hybridized carbons (Fsp3) is 0.458. The molecule has 162 valence electrons. The van der Waals surface area contributed by atoms with Gasteiger partial charge in [-0.15, -0.1) is 11.3 Å². The number of rotatable bonds is 5. The quantitative estimate of drug-likeness (QED) is 0.598. The van der Waals surface area contributed by atoms with E-state index >= 15 is 0 Å². The lowest BCUT2D eigenvalue weighted by Crippen LogP contribution is -2.32. The zero-order valence-corrected chi connectivity index (χ0v) is 18.9. The van der Waals surface area contributed by atoms with Crippen molar-refractivity contribution >= 4 is 33.1 Å². The maximum Gasteiger partial charge on any atom is 0.231 e. The Morgan fingerprint density at radius 1 is 1.19 bits per heavy atom. The molecule has 2 aromatic heterocycles. The highest BCUT2D eigenvalue weighted by atomic mass is 32.1. The lowest BCUT2D eigenvalue weighted by molar-refractivity contribution is -0.114. The largest absolute Gasteiger partial charge is 0.438 e. The Hall–Kier alpha value is -2.51. The van der Waals surface area contributed by atoms with Gasteiger partial charge in [-0.05, 0) is 80.9 Å². The monoisotopic (exact) mass is 436 g/mol. The van der Waals surface area contributed by atoms with Crippen molar-refractivity contribution < 1.29 is 9.53 Å². The molecule has 1 amide bonds. The Morgan fingerprint density at radius 3 is 2.71 bits per heavy atom. The molecule has 0 radical (unpaired) electrons. The predicted octanol–water partition coefficient (Wildman–Crippen LogP) is 5.16. The number of aromatic nitrogens is 2. The Morgan fingerprint density at radius 2 is 1.97 bits per heavy atom. The number of likely N-dealkylation sites (tertiary alicyclic amines) is 1. The fourth-order valence-electron chi connectivity index (χ4n) is 4.49. The van der Waals surface area contributed by atoms with E-state index in [1.54, 1.807) is 11.3 Å². The highest BCUT2D eigenvalue weighted by Gasteiger charge is 2.24. The van der Waals surface area contributed by atoms with E-state index in [0.717, 1.165) is 60.1 Å². The van der Waals surface area contributed by atoms with Crippen LogP contribution in [0.4, 0.5) is 5.69 Å². The molecule has 0 saturated carbocycles. The summed E-state index contributed by atoms with van der Waals surface area (Å²) in [6.07, 6.45) is 5.86. The van der Waals surface area contributed by atoms with Crippen LogP contribution in [0.1, 0.15) is 49.4 Å². The van der Waals surface area contributed by atoms with E-state index in [2.05, 4.69) is 17.1 Å². The molecule has 31 heavy (non-hydrogen) atoms. The summed E-state index contributed by atoms with van der Waals surface area (Å²) in [7, 11) is 0. The third-order valence-corrected chi connectivity index (χ3v) is 7.39. The summed E-state index contributed by atoms with van der Waals surface area (Å²) in [4.78, 5) is 26.0. The van der Waals surface area contributed by atoms with Gasteiger partial charge in [-0.25, -0.2) is 4.98 Å². The van der Waals surface area contributed by atoms with Crippen LogP contribution in [-0.2, 0) is 24.2 Å². The summed E-state index contributed by atoms with van der Waals surface area (Å²) < 4.78 is 6.31. The second-order valence-electron chi connectivity index (χ2n) is 8.75. The zero-order valence-electron chi connectivity index (χ0n) is 18.1. The molecule has 0 atom stereocenters. The molecule has 5 rings (SSSR count). The van der Waals surface area contributed by atoms with Gasteiger partial charge < -0.3 is 10.1 Å². The number of thiophene rings is 1. The van der Waals surface area contributed by atoms with Gasteiger partial charge in [0.1, 0.15) is 16.4 Å². The van der Waals surface area contributed by atoms with E-state index in [9.17, 15) is 4.79 Å². The maximum absolute atomic E-state index is 11.3. The molecule has 3 aromatic rings. The smallest absolute Gasteiger partial charge is 0.231 e. The first-order valence-electron chi connectivity index (χ1n) is 11.1. The first kappa shape index (κ1) is 20.4. The molecule has 0 spiro atoms. The summed E-state index contributed by atoms with van der Waals surface area (Å²) in [5.74, 6) is 2.93. The maximum atomic E-state index is 11.3. The summed E-state index contributed by atoms with van der Waals surface area (Å²) in [5, 5.41) is 3.87. The number of carbonyl (C=O) groups is 1. The van der Waals surface area contributed by atoms with E-state index < -0.39 is 0 Å². The average molecular weight is 437 g/mol. The molecule has 7 heteroatoms. The minimum atomic E-state index is -0.0863. The predicted molar refractivity (Wildman–Crippen MR) is 124 cm³/mol. The van der Waals surface area contributed by atoms with Gasteiger partial charge in [-0.1, -0.05) is 6.92 Å². The standard InChI is InChI=1S/C24H28N4O2S/c1-15-10-12-28(13-11-15)14-21-26-23(22-19-4-3-5-20(19)31-24(22)27-21)30-18-8-6-17(7-9-18)25-16(2)29/h6-9,15H,3-5,10-14H2,1-2H3,(H,25,29). The molecule has 1 saturated heterocycles. The molecule has 1 aromatic carbocycles. The van der Waals surface area contributed by atoms with Crippen LogP contribution < -0.4 is 10.1 Å². The summed E-state index contributed by atoms with van der Waals surface area (Å²) in [5.41, 5.74) is 2.12. The highest BCUT2D eigenvalue weighted by molar-refractivity contribution is 7.19. The number of hydrogen-bond acceptors (Lipinski definition) is 6. The number of fused-ring (bicyclic) bond motifs is 3. The van der Waals surface area contributed by atoms with Gasteiger partial charge in [-0.3, -0.25) is 9.69 Å². The number of anilines is 1. The number of carbonyl (C=O) groups excluding carboxylic acids is 1. The lowest BCUT2D eigenvalue weighted by atomic mass is 9.99. The summed E-state index contributed by atoms with van der Waals surface area (Å²) in [6, 6.07) is 7.45. The summed E-state index contributed by atoms with van der Waals surface area (Å²) in [6.45, 7) is 6.80. The zero-order chi connectivity index (χ0) is 21.4. The average Bonchev–Trinajstić information content (AvgIpc) is 3.32. The van der Waals surface area contributed by atoms with E-state index in [1.165, 1.54) is 36.6 Å². The number of nitrogens with zero attached hydrogens (tertiary/aromatic N) is 3. The molecule has 1 aliphatic heterocycles. The number of aryl methyl sites for hydroxylation is 2. The van der Waals surface area contributed by atoms with Crippen molar-refractivity contribution in [2.45, 2.75) is 52.5 Å². The molecule has 0 bridgehead atoms. The van der Waals surface area contributed by atoms with Crippen LogP contribution in [0.25, 0.3) is 10.2 Å². The second-order valence-corrected chi connectivity index (χ2v) is 9.83. The molecule has 1 fully saturated rings. The van der Waals surface area contributed by atoms with Crippen LogP contribution in [0.15, 0.2) is 24.3 Å². The molecule has 6 nitrogen and oxygen atoms in total. The molecular weight excluding hydrogens is 408 g/mol. The first-order chi connectivity index (χ1) is 15.0. The Balaban J connectivity index is 1.45. The van der Waals surface area contributed by atoms with Crippen LogP contribution in [0.3, 0.4) is 0 Å². The van der Waals surface area contributed by atoms with E-state index in [4.69, 9.17) is 14.7 Å². The van der Waals surface area contributed by atoms with E-state index in [-0.39, 0.29) is 5.91 Å². The van der Waals surface area contributed by atoms with Gasteiger partial charge in [0.05, 0.1) is 11.9 Å². The van der Waals surface area contributed by atoms with Crippen LogP contribution in [-0.4, -0.2) is 33.9 Å². The topological polar surface area (TPSA) is 67.3 Å². The third kappa shape index (κ3) is 4.43. The molecule has 1 N–H and O–H groups in total. The van der Waals surface area contributed by atoms with Crippen molar-refractivity contribution in [1.29, 1.82) is 0 Å². The van der Waals surface area contributed by atoms with Crippen LogP contribution in [0.2, 0.25) is 0 Å². The van der Waals surface area contributed by atoms with Crippen LogP contribution in [0.5, 0.6) is 11.6 Å². The summed E-state index contributed by atoms with van der Waals surface area (Å²) >= 11 is 1.80. The van der Waals surface area contributed by atoms with Crippen LogP contribution in [0, 0.1) is 5.92 Å². The number of hydrogen-bond donors (Lipinski definition) is 1.